The quantitative estimate of drug-likeness (QED) is 0.886. The number of benzene rings is 1. The molecule has 122 valence electrons. The zero-order chi connectivity index (χ0) is 17.0. The van der Waals surface area contributed by atoms with Crippen LogP contribution in [0, 0.1) is 6.92 Å². The van der Waals surface area contributed by atoms with Gasteiger partial charge in [-0.1, -0.05) is 12.1 Å². The number of amides is 1. The van der Waals surface area contributed by atoms with Gasteiger partial charge < -0.3 is 19.2 Å². The van der Waals surface area contributed by atoms with Crippen LogP contribution in [0.2, 0.25) is 0 Å². The van der Waals surface area contributed by atoms with Crippen LogP contribution < -0.4 is 0 Å². The van der Waals surface area contributed by atoms with Gasteiger partial charge in [0.2, 0.25) is 0 Å². The van der Waals surface area contributed by atoms with Gasteiger partial charge in [-0.15, -0.1) is 0 Å². The van der Waals surface area contributed by atoms with Crippen LogP contribution >= 0.6 is 0 Å². The first-order valence-corrected chi connectivity index (χ1v) is 7.08. The fraction of sp³-hybridized carbons (Fsp3) is 0.294. The summed E-state index contributed by atoms with van der Waals surface area (Å²) in [6.45, 7) is 2.22. The molecule has 0 aliphatic rings. The standard InChI is InChI=1S/C17H19NO5/c1-11-15(17(20)21)8-14(23-11)9-18(2)16(19)13-6-4-5-12(7-13)10-22-3/h4-8H,9-10H2,1-3H3,(H,20,21). The Labute approximate surface area is 134 Å². The number of carbonyl (C=O) groups excluding carboxylic acids is 1. The van der Waals surface area contributed by atoms with Crippen LogP contribution in [0.1, 0.15) is 37.8 Å². The molecule has 0 bridgehead atoms. The minimum absolute atomic E-state index is 0.114. The van der Waals surface area contributed by atoms with Crippen LogP contribution in [0.25, 0.3) is 0 Å². The van der Waals surface area contributed by atoms with E-state index in [1.807, 2.05) is 6.07 Å². The highest BCUT2D eigenvalue weighted by atomic mass is 16.5. The molecule has 0 unspecified atom stereocenters. The lowest BCUT2D eigenvalue weighted by atomic mass is 10.1. The van der Waals surface area contributed by atoms with Crippen molar-refractivity contribution in [3.05, 3.63) is 58.5 Å². The maximum Gasteiger partial charge on any atom is 0.339 e. The fourth-order valence-electron chi connectivity index (χ4n) is 2.32. The van der Waals surface area contributed by atoms with Crippen molar-refractivity contribution in [1.82, 2.24) is 4.90 Å². The average molecular weight is 317 g/mol. The van der Waals surface area contributed by atoms with Crippen molar-refractivity contribution in [1.29, 1.82) is 0 Å². The predicted molar refractivity (Wildman–Crippen MR) is 83.4 cm³/mol. The third kappa shape index (κ3) is 3.98. The molecular weight excluding hydrogens is 298 g/mol. The number of hydrogen-bond donors (Lipinski definition) is 1. The highest BCUT2D eigenvalue weighted by Crippen LogP contribution is 2.17. The molecule has 1 N–H and O–H groups in total. The lowest BCUT2D eigenvalue weighted by Gasteiger charge is -2.16. The van der Waals surface area contributed by atoms with E-state index in [1.165, 1.54) is 11.0 Å². The monoisotopic (exact) mass is 317 g/mol. The van der Waals surface area contributed by atoms with E-state index < -0.39 is 5.97 Å². The Hall–Kier alpha value is -2.60. The number of carbonyl (C=O) groups is 2. The van der Waals surface area contributed by atoms with E-state index in [4.69, 9.17) is 14.3 Å². The summed E-state index contributed by atoms with van der Waals surface area (Å²) < 4.78 is 10.5. The second kappa shape index (κ2) is 7.11. The topological polar surface area (TPSA) is 80.0 Å². The molecule has 1 heterocycles. The lowest BCUT2D eigenvalue weighted by molar-refractivity contribution is 0.0694. The Kier molecular flexibility index (Phi) is 5.18. The third-order valence-electron chi connectivity index (χ3n) is 3.42. The van der Waals surface area contributed by atoms with E-state index in [1.54, 1.807) is 39.3 Å². The molecule has 23 heavy (non-hydrogen) atoms. The van der Waals surface area contributed by atoms with Gasteiger partial charge in [0.25, 0.3) is 5.91 Å². The van der Waals surface area contributed by atoms with Crippen molar-refractivity contribution in [2.24, 2.45) is 0 Å². The van der Waals surface area contributed by atoms with E-state index in [0.717, 1.165) is 5.56 Å². The molecule has 0 radical (unpaired) electrons. The maximum atomic E-state index is 12.5. The SMILES string of the molecule is COCc1cccc(C(=O)N(C)Cc2cc(C(=O)O)c(C)o2)c1. The second-order valence-corrected chi connectivity index (χ2v) is 5.28. The van der Waals surface area contributed by atoms with Gasteiger partial charge in [-0.25, -0.2) is 4.79 Å². The van der Waals surface area contributed by atoms with Gasteiger partial charge in [0, 0.05) is 19.7 Å². The molecule has 0 aliphatic heterocycles. The molecule has 6 heteroatoms. The Bertz CT molecular complexity index is 720. The van der Waals surface area contributed by atoms with Gasteiger partial charge in [0.05, 0.1) is 13.2 Å². The molecule has 1 amide bonds. The smallest absolute Gasteiger partial charge is 0.339 e. The highest BCUT2D eigenvalue weighted by Gasteiger charge is 2.18. The van der Waals surface area contributed by atoms with Crippen molar-refractivity contribution >= 4 is 11.9 Å². The molecule has 6 nitrogen and oxygen atoms in total. The first-order valence-electron chi connectivity index (χ1n) is 7.08. The second-order valence-electron chi connectivity index (χ2n) is 5.28. The van der Waals surface area contributed by atoms with Gasteiger partial charge in [0.1, 0.15) is 17.1 Å². The zero-order valence-corrected chi connectivity index (χ0v) is 13.3. The van der Waals surface area contributed by atoms with Gasteiger partial charge in [-0.2, -0.15) is 0 Å². The molecule has 0 saturated carbocycles. The van der Waals surface area contributed by atoms with Crippen molar-refractivity contribution in [3.8, 4) is 0 Å². The van der Waals surface area contributed by atoms with Gasteiger partial charge >= 0.3 is 5.97 Å². The van der Waals surface area contributed by atoms with Crippen LogP contribution in [-0.4, -0.2) is 36.0 Å². The number of carboxylic acids is 1. The van der Waals surface area contributed by atoms with Crippen LogP contribution in [0.3, 0.4) is 0 Å². The number of methoxy groups -OCH3 is 1. The Morgan fingerprint density at radius 3 is 2.65 bits per heavy atom. The van der Waals surface area contributed by atoms with Gasteiger partial charge in [-0.05, 0) is 30.7 Å². The fourth-order valence-corrected chi connectivity index (χ4v) is 2.32. The molecule has 0 fully saturated rings. The maximum absolute atomic E-state index is 12.5. The molecule has 2 rings (SSSR count). The van der Waals surface area contributed by atoms with E-state index in [9.17, 15) is 9.59 Å². The number of carboxylic acid groups (broad SMARTS) is 1. The normalized spacial score (nSPS) is 10.6. The van der Waals surface area contributed by atoms with Crippen LogP contribution in [-0.2, 0) is 17.9 Å². The third-order valence-corrected chi connectivity index (χ3v) is 3.42. The summed E-state index contributed by atoms with van der Waals surface area (Å²) in [6, 6.07) is 8.64. The molecule has 0 saturated heterocycles. The van der Waals surface area contributed by atoms with Crippen LogP contribution in [0.15, 0.2) is 34.7 Å². The van der Waals surface area contributed by atoms with Crippen molar-refractivity contribution in [3.63, 3.8) is 0 Å². The number of hydrogen-bond acceptors (Lipinski definition) is 4. The lowest BCUT2D eigenvalue weighted by Crippen LogP contribution is -2.26. The van der Waals surface area contributed by atoms with Crippen LogP contribution in [0.5, 0.6) is 0 Å². The van der Waals surface area contributed by atoms with E-state index >= 15 is 0 Å². The molecule has 0 spiro atoms. The van der Waals surface area contributed by atoms with Gasteiger partial charge in [0.15, 0.2) is 0 Å². The minimum atomic E-state index is -1.04. The minimum Gasteiger partial charge on any atom is -0.478 e. The Balaban J connectivity index is 2.12. The average Bonchev–Trinajstić information content (AvgIpc) is 2.88. The van der Waals surface area contributed by atoms with E-state index in [0.29, 0.717) is 23.7 Å². The number of nitrogens with zero attached hydrogens (tertiary/aromatic N) is 1. The summed E-state index contributed by atoms with van der Waals surface area (Å²) in [5, 5.41) is 9.03. The summed E-state index contributed by atoms with van der Waals surface area (Å²) in [7, 11) is 3.24. The molecule has 0 atom stereocenters. The summed E-state index contributed by atoms with van der Waals surface area (Å²) in [5.74, 6) is -0.452. The molecule has 0 aliphatic carbocycles. The first-order chi connectivity index (χ1) is 10.9. The summed E-state index contributed by atoms with van der Waals surface area (Å²) in [5.41, 5.74) is 1.57. The number of aryl methyl sites for hydroxylation is 1. The molecule has 1 aromatic carbocycles. The number of furan rings is 1. The largest absolute Gasteiger partial charge is 0.478 e. The molecular formula is C17H19NO5. The molecule has 1 aromatic heterocycles. The number of rotatable bonds is 6. The summed E-state index contributed by atoms with van der Waals surface area (Å²) in [6.07, 6.45) is 0. The molecule has 2 aromatic rings. The highest BCUT2D eigenvalue weighted by molar-refractivity contribution is 5.94. The van der Waals surface area contributed by atoms with E-state index in [2.05, 4.69) is 0 Å². The van der Waals surface area contributed by atoms with Crippen molar-refractivity contribution in [2.75, 3.05) is 14.2 Å². The Morgan fingerprint density at radius 2 is 2.04 bits per heavy atom. The predicted octanol–water partition coefficient (Wildman–Crippen LogP) is 2.70. The van der Waals surface area contributed by atoms with Gasteiger partial charge in [-0.3, -0.25) is 4.79 Å². The summed E-state index contributed by atoms with van der Waals surface area (Å²) in [4.78, 5) is 25.0. The van der Waals surface area contributed by atoms with E-state index in [-0.39, 0.29) is 18.0 Å². The van der Waals surface area contributed by atoms with Crippen molar-refractivity contribution in [2.45, 2.75) is 20.1 Å². The van der Waals surface area contributed by atoms with Crippen LogP contribution in [0.4, 0.5) is 0 Å². The number of ether oxygens (including phenoxy) is 1. The zero-order valence-electron chi connectivity index (χ0n) is 13.3. The Morgan fingerprint density at radius 1 is 1.30 bits per heavy atom. The van der Waals surface area contributed by atoms with Crippen molar-refractivity contribution < 1.29 is 23.8 Å². The first kappa shape index (κ1) is 16.8. The summed E-state index contributed by atoms with van der Waals surface area (Å²) >= 11 is 0. The number of aromatic carboxylic acids is 1.